The van der Waals surface area contributed by atoms with Gasteiger partial charge in [-0.3, -0.25) is 0 Å². The topological polar surface area (TPSA) is 63.3 Å². The number of aromatic carboxylic acids is 1. The lowest BCUT2D eigenvalue weighted by Crippen LogP contribution is -2.11. The van der Waals surface area contributed by atoms with E-state index in [1.807, 2.05) is 19.1 Å². The first-order chi connectivity index (χ1) is 9.21. The third kappa shape index (κ3) is 2.46. The van der Waals surface area contributed by atoms with Crippen LogP contribution in [0.3, 0.4) is 0 Å². The van der Waals surface area contributed by atoms with Crippen LogP contribution < -0.4 is 0 Å². The Kier molecular flexibility index (Phi) is 3.42. The first kappa shape index (κ1) is 14.3. The van der Waals surface area contributed by atoms with Crippen LogP contribution in [0.25, 0.3) is 11.3 Å². The molecule has 0 aliphatic carbocycles. The van der Waals surface area contributed by atoms with Crippen LogP contribution in [0.2, 0.25) is 0 Å². The van der Waals surface area contributed by atoms with Crippen molar-refractivity contribution in [2.75, 3.05) is 0 Å². The predicted octanol–water partition coefficient (Wildman–Crippen LogP) is 3.95. The second-order valence-corrected chi connectivity index (χ2v) is 6.06. The molecule has 4 nitrogen and oxygen atoms in total. The van der Waals surface area contributed by atoms with Crippen LogP contribution in [0, 0.1) is 13.8 Å². The lowest BCUT2D eigenvalue weighted by Gasteiger charge is -2.20. The first-order valence-corrected chi connectivity index (χ1v) is 6.53. The van der Waals surface area contributed by atoms with Crippen molar-refractivity contribution in [3.05, 3.63) is 40.6 Å². The standard InChI is InChI=1S/C16H19NO3/c1-9-8-11(16(3,4)5)6-7-12(9)14-13(15(18)19)10(2)17-20-14/h6-8H,1-5H3,(H,18,19). The Labute approximate surface area is 118 Å². The predicted molar refractivity (Wildman–Crippen MR) is 77.1 cm³/mol. The molecule has 0 spiro atoms. The molecule has 0 bridgehead atoms. The van der Waals surface area contributed by atoms with E-state index in [0.29, 0.717) is 11.5 Å². The van der Waals surface area contributed by atoms with Gasteiger partial charge >= 0.3 is 5.97 Å². The summed E-state index contributed by atoms with van der Waals surface area (Å²) in [5.41, 5.74) is 3.54. The van der Waals surface area contributed by atoms with Gasteiger partial charge in [-0.05, 0) is 30.4 Å². The average molecular weight is 273 g/mol. The van der Waals surface area contributed by atoms with E-state index < -0.39 is 5.97 Å². The molecule has 0 saturated heterocycles. The van der Waals surface area contributed by atoms with Gasteiger partial charge in [0.2, 0.25) is 0 Å². The largest absolute Gasteiger partial charge is 0.477 e. The summed E-state index contributed by atoms with van der Waals surface area (Å²) in [6, 6.07) is 5.98. The Hall–Kier alpha value is -2.10. The molecule has 0 fully saturated rings. The van der Waals surface area contributed by atoms with E-state index >= 15 is 0 Å². The molecule has 1 aromatic carbocycles. The molecule has 0 radical (unpaired) electrons. The van der Waals surface area contributed by atoms with E-state index in [0.717, 1.165) is 11.1 Å². The van der Waals surface area contributed by atoms with Crippen LogP contribution in [0.15, 0.2) is 22.7 Å². The highest BCUT2D eigenvalue weighted by Crippen LogP contribution is 2.32. The van der Waals surface area contributed by atoms with Crippen molar-refractivity contribution >= 4 is 5.97 Å². The van der Waals surface area contributed by atoms with E-state index in [2.05, 4.69) is 32.0 Å². The van der Waals surface area contributed by atoms with Gasteiger partial charge in [-0.2, -0.15) is 0 Å². The second-order valence-electron chi connectivity index (χ2n) is 6.06. The van der Waals surface area contributed by atoms with E-state index in [1.165, 1.54) is 5.56 Å². The monoisotopic (exact) mass is 273 g/mol. The highest BCUT2D eigenvalue weighted by Gasteiger charge is 2.23. The van der Waals surface area contributed by atoms with Crippen LogP contribution in [-0.2, 0) is 5.41 Å². The van der Waals surface area contributed by atoms with Gasteiger partial charge in [0.1, 0.15) is 5.56 Å². The number of hydrogen-bond donors (Lipinski definition) is 1. The molecular formula is C16H19NO3. The molecule has 0 amide bonds. The quantitative estimate of drug-likeness (QED) is 0.899. The van der Waals surface area contributed by atoms with Crippen LogP contribution in [0.1, 0.15) is 48.0 Å². The summed E-state index contributed by atoms with van der Waals surface area (Å²) in [6.07, 6.45) is 0. The Morgan fingerprint density at radius 3 is 2.40 bits per heavy atom. The normalized spacial score (nSPS) is 11.7. The fourth-order valence-corrected chi connectivity index (χ4v) is 2.19. The molecule has 0 saturated carbocycles. The summed E-state index contributed by atoms with van der Waals surface area (Å²) < 4.78 is 5.22. The highest BCUT2D eigenvalue weighted by molar-refractivity contribution is 5.95. The van der Waals surface area contributed by atoms with Crippen LogP contribution in [0.4, 0.5) is 0 Å². The Morgan fingerprint density at radius 1 is 1.25 bits per heavy atom. The minimum Gasteiger partial charge on any atom is -0.477 e. The number of hydrogen-bond acceptors (Lipinski definition) is 3. The lowest BCUT2D eigenvalue weighted by atomic mass is 9.85. The van der Waals surface area contributed by atoms with Crippen molar-refractivity contribution in [3.63, 3.8) is 0 Å². The minimum atomic E-state index is -1.02. The van der Waals surface area contributed by atoms with E-state index in [9.17, 15) is 9.90 Å². The SMILES string of the molecule is Cc1cc(C(C)(C)C)ccc1-c1onc(C)c1C(=O)O. The van der Waals surface area contributed by atoms with Gasteiger partial charge in [0.15, 0.2) is 5.76 Å². The number of carboxylic acids is 1. The van der Waals surface area contributed by atoms with Gasteiger partial charge in [0.25, 0.3) is 0 Å². The maximum atomic E-state index is 11.3. The van der Waals surface area contributed by atoms with Crippen molar-refractivity contribution in [1.82, 2.24) is 5.16 Å². The van der Waals surface area contributed by atoms with Crippen LogP contribution >= 0.6 is 0 Å². The number of rotatable bonds is 2. The van der Waals surface area contributed by atoms with Crippen LogP contribution in [0.5, 0.6) is 0 Å². The summed E-state index contributed by atoms with van der Waals surface area (Å²) in [7, 11) is 0. The Morgan fingerprint density at radius 2 is 1.90 bits per heavy atom. The van der Waals surface area contributed by atoms with Crippen molar-refractivity contribution in [2.24, 2.45) is 0 Å². The van der Waals surface area contributed by atoms with Gasteiger partial charge in [0, 0.05) is 5.56 Å². The third-order valence-electron chi connectivity index (χ3n) is 3.41. The van der Waals surface area contributed by atoms with Gasteiger partial charge in [0.05, 0.1) is 5.69 Å². The molecule has 1 aromatic heterocycles. The Balaban J connectivity index is 2.58. The summed E-state index contributed by atoms with van der Waals surface area (Å²) in [4.78, 5) is 11.3. The van der Waals surface area contributed by atoms with Gasteiger partial charge < -0.3 is 9.63 Å². The smallest absolute Gasteiger partial charge is 0.341 e. The fraction of sp³-hybridized carbons (Fsp3) is 0.375. The molecule has 20 heavy (non-hydrogen) atoms. The van der Waals surface area contributed by atoms with E-state index in [1.54, 1.807) is 6.92 Å². The molecule has 1 heterocycles. The van der Waals surface area contributed by atoms with Gasteiger partial charge in [-0.1, -0.05) is 44.1 Å². The highest BCUT2D eigenvalue weighted by atomic mass is 16.5. The van der Waals surface area contributed by atoms with Crippen molar-refractivity contribution in [2.45, 2.75) is 40.0 Å². The van der Waals surface area contributed by atoms with Gasteiger partial charge in [-0.25, -0.2) is 4.79 Å². The number of carbonyl (C=O) groups is 1. The number of nitrogens with zero attached hydrogens (tertiary/aromatic N) is 1. The zero-order valence-electron chi connectivity index (χ0n) is 12.4. The average Bonchev–Trinajstić information content (AvgIpc) is 2.69. The Bertz CT molecular complexity index is 663. The second kappa shape index (κ2) is 4.78. The molecule has 106 valence electrons. The summed E-state index contributed by atoms with van der Waals surface area (Å²) in [5, 5.41) is 13.0. The molecule has 0 aliphatic rings. The molecule has 0 atom stereocenters. The number of benzene rings is 1. The zero-order valence-corrected chi connectivity index (χ0v) is 12.4. The number of carboxylic acid groups (broad SMARTS) is 1. The first-order valence-electron chi connectivity index (χ1n) is 6.53. The molecule has 0 unspecified atom stereocenters. The van der Waals surface area contributed by atoms with E-state index in [4.69, 9.17) is 4.52 Å². The van der Waals surface area contributed by atoms with Crippen LogP contribution in [-0.4, -0.2) is 16.2 Å². The van der Waals surface area contributed by atoms with Crippen molar-refractivity contribution < 1.29 is 14.4 Å². The van der Waals surface area contributed by atoms with Crippen molar-refractivity contribution in [1.29, 1.82) is 0 Å². The maximum Gasteiger partial charge on any atom is 0.341 e. The summed E-state index contributed by atoms with van der Waals surface area (Å²) >= 11 is 0. The van der Waals surface area contributed by atoms with Crippen molar-refractivity contribution in [3.8, 4) is 11.3 Å². The molecule has 4 heteroatoms. The fourth-order valence-electron chi connectivity index (χ4n) is 2.19. The number of aryl methyl sites for hydroxylation is 2. The molecule has 1 N–H and O–H groups in total. The summed E-state index contributed by atoms with van der Waals surface area (Å²) in [6.45, 7) is 10.0. The minimum absolute atomic E-state index is 0.0518. The lowest BCUT2D eigenvalue weighted by molar-refractivity contribution is 0.0696. The molecule has 0 aliphatic heterocycles. The van der Waals surface area contributed by atoms with Gasteiger partial charge in [-0.15, -0.1) is 0 Å². The number of aromatic nitrogens is 1. The summed E-state index contributed by atoms with van der Waals surface area (Å²) in [5.74, 6) is -0.689. The molecular weight excluding hydrogens is 254 g/mol. The molecule has 2 aromatic rings. The third-order valence-corrected chi connectivity index (χ3v) is 3.41. The van der Waals surface area contributed by atoms with E-state index in [-0.39, 0.29) is 11.0 Å². The molecule has 2 rings (SSSR count). The zero-order chi connectivity index (χ0) is 15.1. The maximum absolute atomic E-state index is 11.3.